The number of hydrogen-bond acceptors (Lipinski definition) is 3. The van der Waals surface area contributed by atoms with Gasteiger partial charge in [-0.25, -0.2) is 9.67 Å². The van der Waals surface area contributed by atoms with Crippen molar-refractivity contribution in [2.75, 3.05) is 0 Å². The van der Waals surface area contributed by atoms with Crippen molar-refractivity contribution in [2.24, 2.45) is 0 Å². The molecule has 4 aromatic carbocycles. The van der Waals surface area contributed by atoms with Gasteiger partial charge in [0.05, 0.1) is 28.1 Å². The van der Waals surface area contributed by atoms with E-state index in [4.69, 9.17) is 14.8 Å². The Balaban J connectivity index is 1.26. The van der Waals surface area contributed by atoms with E-state index in [2.05, 4.69) is 127 Å². The molecule has 5 heteroatoms. The molecule has 0 fully saturated rings. The van der Waals surface area contributed by atoms with Crippen molar-refractivity contribution in [3.05, 3.63) is 132 Å². The number of pyridine rings is 1. The first-order chi connectivity index (χ1) is 23.1. The number of rotatable bonds is 12. The second kappa shape index (κ2) is 13.7. The van der Waals surface area contributed by atoms with Crippen molar-refractivity contribution < 1.29 is 4.74 Å². The Bertz CT molecular complexity index is 2140. The van der Waals surface area contributed by atoms with E-state index in [1.807, 2.05) is 18.3 Å². The van der Waals surface area contributed by atoms with E-state index in [1.54, 1.807) is 0 Å². The number of hydrogen-bond donors (Lipinski definition) is 0. The summed E-state index contributed by atoms with van der Waals surface area (Å²) in [5.41, 5.74) is 9.30. The lowest BCUT2D eigenvalue weighted by Crippen LogP contribution is -2.04. The highest BCUT2D eigenvalue weighted by Gasteiger charge is 2.20. The maximum Gasteiger partial charge on any atom is 0.137 e. The zero-order chi connectivity index (χ0) is 32.2. The SMILES string of the molecule is CCCCCCCc1c(-c2ccccc2)c(CC)nn1-c1cccc(Oc2ccc3c4ccccc4n(-c4cc(C)ccn4)c3c2)c1. The van der Waals surface area contributed by atoms with Crippen molar-refractivity contribution in [3.63, 3.8) is 0 Å². The molecule has 0 aliphatic heterocycles. The Labute approximate surface area is 277 Å². The first kappa shape index (κ1) is 30.5. The van der Waals surface area contributed by atoms with Crippen LogP contribution in [0.3, 0.4) is 0 Å². The molecule has 0 N–H and O–H groups in total. The third-order valence-electron chi connectivity index (χ3n) is 9.04. The van der Waals surface area contributed by atoms with Gasteiger partial charge in [-0.1, -0.05) is 94.1 Å². The van der Waals surface area contributed by atoms with E-state index < -0.39 is 0 Å². The van der Waals surface area contributed by atoms with Crippen LogP contribution in [-0.4, -0.2) is 19.3 Å². The zero-order valence-corrected chi connectivity index (χ0v) is 27.6. The molecule has 236 valence electrons. The van der Waals surface area contributed by atoms with Gasteiger partial charge in [0, 0.05) is 34.7 Å². The first-order valence-electron chi connectivity index (χ1n) is 17.0. The molecule has 0 saturated heterocycles. The Kier molecular flexibility index (Phi) is 8.87. The second-order valence-corrected chi connectivity index (χ2v) is 12.4. The quantitative estimate of drug-likeness (QED) is 0.128. The van der Waals surface area contributed by atoms with Gasteiger partial charge in [-0.3, -0.25) is 4.57 Å². The number of ether oxygens (including phenoxy) is 1. The number of aryl methyl sites for hydroxylation is 2. The van der Waals surface area contributed by atoms with Gasteiger partial charge in [0.15, 0.2) is 0 Å². The minimum Gasteiger partial charge on any atom is -0.457 e. The summed E-state index contributed by atoms with van der Waals surface area (Å²) in [5, 5.41) is 7.57. The minimum atomic E-state index is 0.780. The van der Waals surface area contributed by atoms with Crippen LogP contribution >= 0.6 is 0 Å². The summed E-state index contributed by atoms with van der Waals surface area (Å²) in [4.78, 5) is 4.74. The van der Waals surface area contributed by atoms with Crippen molar-refractivity contribution >= 4 is 21.8 Å². The van der Waals surface area contributed by atoms with Crippen molar-refractivity contribution in [2.45, 2.75) is 65.7 Å². The Morgan fingerprint density at radius 1 is 0.681 bits per heavy atom. The number of nitrogens with zero attached hydrogens (tertiary/aromatic N) is 4. The van der Waals surface area contributed by atoms with Gasteiger partial charge in [-0.15, -0.1) is 0 Å². The fraction of sp³-hybridized carbons (Fsp3) is 0.238. The average Bonchev–Trinajstić information content (AvgIpc) is 3.64. The van der Waals surface area contributed by atoms with Crippen molar-refractivity contribution in [3.8, 4) is 34.1 Å². The summed E-state index contributed by atoms with van der Waals surface area (Å²) in [5.74, 6) is 2.46. The molecule has 0 bridgehead atoms. The lowest BCUT2D eigenvalue weighted by atomic mass is 9.98. The summed E-state index contributed by atoms with van der Waals surface area (Å²) in [6.07, 6.45) is 9.93. The molecule has 5 nitrogen and oxygen atoms in total. The van der Waals surface area contributed by atoms with E-state index in [0.717, 1.165) is 59.0 Å². The van der Waals surface area contributed by atoms with Gasteiger partial charge >= 0.3 is 0 Å². The maximum atomic E-state index is 6.60. The minimum absolute atomic E-state index is 0.780. The molecule has 0 amide bonds. The van der Waals surface area contributed by atoms with Gasteiger partial charge in [-0.05, 0) is 79.8 Å². The number of aromatic nitrogens is 4. The zero-order valence-electron chi connectivity index (χ0n) is 27.6. The standard InChI is InChI=1S/C42H42N4O/c1-4-6-7-8-12-22-39-42(31-16-10-9-11-17-31)37(5-2)44-46(39)32-18-15-19-33(28-32)47-34-23-24-36-35-20-13-14-21-38(35)45(40(36)29-34)41-27-30(3)25-26-43-41/h9-11,13-21,23-29H,4-8,12,22H2,1-3H3. The van der Waals surface area contributed by atoms with Gasteiger partial charge in [0.25, 0.3) is 0 Å². The van der Waals surface area contributed by atoms with Crippen LogP contribution in [0.1, 0.15) is 62.9 Å². The summed E-state index contributed by atoms with van der Waals surface area (Å²) in [6.45, 7) is 6.57. The molecule has 0 saturated carbocycles. The summed E-state index contributed by atoms with van der Waals surface area (Å²) < 4.78 is 11.0. The molecule has 3 heterocycles. The lowest BCUT2D eigenvalue weighted by Gasteiger charge is -2.13. The fourth-order valence-electron chi connectivity index (χ4n) is 6.75. The van der Waals surface area contributed by atoms with Crippen LogP contribution < -0.4 is 4.74 Å². The number of para-hydroxylation sites is 1. The van der Waals surface area contributed by atoms with Crippen LogP contribution in [0.25, 0.3) is 44.4 Å². The molecular formula is C42H42N4O. The van der Waals surface area contributed by atoms with Crippen LogP contribution in [0.5, 0.6) is 11.5 Å². The summed E-state index contributed by atoms with van der Waals surface area (Å²) in [6, 6.07) is 38.1. The Morgan fingerprint density at radius 3 is 2.30 bits per heavy atom. The predicted octanol–water partition coefficient (Wildman–Crippen LogP) is 11.2. The predicted molar refractivity (Wildman–Crippen MR) is 194 cm³/mol. The van der Waals surface area contributed by atoms with Crippen LogP contribution in [0.2, 0.25) is 0 Å². The molecule has 0 atom stereocenters. The molecule has 0 radical (unpaired) electrons. The van der Waals surface area contributed by atoms with Crippen LogP contribution in [0.15, 0.2) is 115 Å². The summed E-state index contributed by atoms with van der Waals surface area (Å²) >= 11 is 0. The van der Waals surface area contributed by atoms with E-state index in [1.165, 1.54) is 58.8 Å². The third kappa shape index (κ3) is 6.18. The normalized spacial score (nSPS) is 11.5. The molecule has 47 heavy (non-hydrogen) atoms. The number of fused-ring (bicyclic) bond motifs is 3. The van der Waals surface area contributed by atoms with Gasteiger partial charge in [0.1, 0.15) is 17.3 Å². The number of benzene rings is 4. The molecule has 7 rings (SSSR count). The Hall–Kier alpha value is -5.16. The largest absolute Gasteiger partial charge is 0.457 e. The number of unbranched alkanes of at least 4 members (excludes halogenated alkanes) is 4. The second-order valence-electron chi connectivity index (χ2n) is 12.4. The monoisotopic (exact) mass is 618 g/mol. The maximum absolute atomic E-state index is 6.60. The van der Waals surface area contributed by atoms with E-state index >= 15 is 0 Å². The highest BCUT2D eigenvalue weighted by atomic mass is 16.5. The van der Waals surface area contributed by atoms with Crippen LogP contribution in [-0.2, 0) is 12.8 Å². The molecule has 0 aliphatic rings. The van der Waals surface area contributed by atoms with E-state index in [-0.39, 0.29) is 0 Å². The molecular weight excluding hydrogens is 576 g/mol. The molecule has 7 aromatic rings. The first-order valence-corrected chi connectivity index (χ1v) is 17.0. The third-order valence-corrected chi connectivity index (χ3v) is 9.04. The van der Waals surface area contributed by atoms with Gasteiger partial charge in [0.2, 0.25) is 0 Å². The highest BCUT2D eigenvalue weighted by Crippen LogP contribution is 2.36. The van der Waals surface area contributed by atoms with Crippen molar-refractivity contribution in [1.82, 2.24) is 19.3 Å². The van der Waals surface area contributed by atoms with Gasteiger partial charge < -0.3 is 4.74 Å². The summed E-state index contributed by atoms with van der Waals surface area (Å²) in [7, 11) is 0. The fourth-order valence-corrected chi connectivity index (χ4v) is 6.75. The average molecular weight is 619 g/mol. The van der Waals surface area contributed by atoms with Crippen LogP contribution in [0.4, 0.5) is 0 Å². The Morgan fingerprint density at radius 2 is 1.47 bits per heavy atom. The molecule has 0 aliphatic carbocycles. The van der Waals surface area contributed by atoms with E-state index in [9.17, 15) is 0 Å². The topological polar surface area (TPSA) is 44.9 Å². The van der Waals surface area contributed by atoms with Crippen molar-refractivity contribution in [1.29, 1.82) is 0 Å². The van der Waals surface area contributed by atoms with E-state index in [0.29, 0.717) is 0 Å². The smallest absolute Gasteiger partial charge is 0.137 e. The molecule has 3 aromatic heterocycles. The highest BCUT2D eigenvalue weighted by molar-refractivity contribution is 6.09. The lowest BCUT2D eigenvalue weighted by molar-refractivity contribution is 0.482. The van der Waals surface area contributed by atoms with Crippen LogP contribution in [0, 0.1) is 6.92 Å². The van der Waals surface area contributed by atoms with Gasteiger partial charge in [-0.2, -0.15) is 5.10 Å². The molecule has 0 spiro atoms. The molecule has 0 unspecified atom stereocenters.